The summed E-state index contributed by atoms with van der Waals surface area (Å²) >= 11 is 1.44. The van der Waals surface area contributed by atoms with Gasteiger partial charge in [0.25, 0.3) is 0 Å². The van der Waals surface area contributed by atoms with Crippen LogP contribution in [-0.4, -0.2) is 28.3 Å². The molecule has 3 aromatic rings. The van der Waals surface area contributed by atoms with Crippen LogP contribution in [0.1, 0.15) is 22.4 Å². The molecule has 1 aromatic carbocycles. The van der Waals surface area contributed by atoms with Crippen LogP contribution in [0.2, 0.25) is 0 Å². The maximum Gasteiger partial charge on any atom is 0.243 e. The summed E-state index contributed by atoms with van der Waals surface area (Å²) in [4.78, 5) is 33.0. The topological polar surface area (TPSA) is 84.0 Å². The van der Waals surface area contributed by atoms with Crippen molar-refractivity contribution in [3.63, 3.8) is 0 Å². The number of aryl methyl sites for hydroxylation is 3. The highest BCUT2D eigenvalue weighted by molar-refractivity contribution is 7.13. The molecule has 0 aliphatic rings. The van der Waals surface area contributed by atoms with E-state index in [1.165, 1.54) is 11.3 Å². The minimum absolute atomic E-state index is 0.0805. The molecular formula is C21H22N4O2S. The third kappa shape index (κ3) is 5.01. The molecule has 3 rings (SSSR count). The van der Waals surface area contributed by atoms with Crippen molar-refractivity contribution in [2.75, 3.05) is 11.9 Å². The van der Waals surface area contributed by atoms with E-state index in [2.05, 4.69) is 20.6 Å². The number of nitrogens with zero attached hydrogens (tertiary/aromatic N) is 2. The van der Waals surface area contributed by atoms with Gasteiger partial charge in [-0.15, -0.1) is 11.3 Å². The van der Waals surface area contributed by atoms with Crippen molar-refractivity contribution in [2.45, 2.75) is 27.2 Å². The molecule has 0 aliphatic heterocycles. The lowest BCUT2D eigenvalue weighted by atomic mass is 10.1. The Morgan fingerprint density at radius 3 is 2.50 bits per heavy atom. The number of hydrogen-bond donors (Lipinski definition) is 2. The molecule has 2 aromatic heterocycles. The zero-order chi connectivity index (χ0) is 20.1. The zero-order valence-corrected chi connectivity index (χ0v) is 16.9. The number of carbonyl (C=O) groups is 2. The van der Waals surface area contributed by atoms with E-state index in [0.29, 0.717) is 5.69 Å². The highest BCUT2D eigenvalue weighted by Crippen LogP contribution is 2.22. The summed E-state index contributed by atoms with van der Waals surface area (Å²) in [5.41, 5.74) is 5.39. The number of rotatable bonds is 6. The van der Waals surface area contributed by atoms with Gasteiger partial charge >= 0.3 is 0 Å². The van der Waals surface area contributed by atoms with Crippen LogP contribution in [-0.2, 0) is 16.0 Å². The fourth-order valence-electron chi connectivity index (χ4n) is 2.96. The van der Waals surface area contributed by atoms with Crippen LogP contribution in [0.5, 0.6) is 0 Å². The lowest BCUT2D eigenvalue weighted by molar-refractivity contribution is -0.123. The number of benzene rings is 1. The molecule has 0 saturated heterocycles. The SMILES string of the molecule is Cc1cc(C)c(NC(=O)CNC(=O)Cc2csc(-c3ccccn3)n2)c(C)c1. The average Bonchev–Trinajstić information content (AvgIpc) is 3.12. The molecule has 6 nitrogen and oxygen atoms in total. The van der Waals surface area contributed by atoms with E-state index in [1.54, 1.807) is 6.20 Å². The second kappa shape index (κ2) is 8.75. The first-order valence-corrected chi connectivity index (χ1v) is 9.80. The van der Waals surface area contributed by atoms with Gasteiger partial charge in [-0.25, -0.2) is 4.98 Å². The largest absolute Gasteiger partial charge is 0.347 e. The predicted octanol–water partition coefficient (Wildman–Crippen LogP) is 3.43. The van der Waals surface area contributed by atoms with Gasteiger partial charge in [0, 0.05) is 17.3 Å². The molecule has 0 unspecified atom stereocenters. The molecule has 28 heavy (non-hydrogen) atoms. The van der Waals surface area contributed by atoms with Crippen LogP contribution >= 0.6 is 11.3 Å². The monoisotopic (exact) mass is 394 g/mol. The van der Waals surface area contributed by atoms with Crippen LogP contribution in [0, 0.1) is 20.8 Å². The molecule has 2 heterocycles. The maximum atomic E-state index is 12.2. The van der Waals surface area contributed by atoms with Crippen molar-refractivity contribution < 1.29 is 9.59 Å². The second-order valence-corrected chi connectivity index (χ2v) is 7.49. The Kier molecular flexibility index (Phi) is 6.16. The molecule has 144 valence electrons. The number of aromatic nitrogens is 2. The van der Waals surface area contributed by atoms with Gasteiger partial charge in [-0.2, -0.15) is 0 Å². The molecule has 0 atom stereocenters. The number of nitrogens with one attached hydrogen (secondary N) is 2. The summed E-state index contributed by atoms with van der Waals surface area (Å²) in [6.07, 6.45) is 1.83. The molecule has 0 fully saturated rings. The van der Waals surface area contributed by atoms with Crippen molar-refractivity contribution in [1.82, 2.24) is 15.3 Å². The minimum Gasteiger partial charge on any atom is -0.347 e. The smallest absolute Gasteiger partial charge is 0.243 e. The summed E-state index contributed by atoms with van der Waals surface area (Å²) in [5.74, 6) is -0.499. The summed E-state index contributed by atoms with van der Waals surface area (Å²) < 4.78 is 0. The van der Waals surface area contributed by atoms with Crippen molar-refractivity contribution >= 4 is 28.8 Å². The van der Waals surface area contributed by atoms with Gasteiger partial charge in [0.2, 0.25) is 11.8 Å². The number of carbonyl (C=O) groups excluding carboxylic acids is 2. The van der Waals surface area contributed by atoms with Crippen LogP contribution in [0.3, 0.4) is 0 Å². The molecule has 0 spiro atoms. The quantitative estimate of drug-likeness (QED) is 0.671. The molecule has 0 aliphatic carbocycles. The van der Waals surface area contributed by atoms with Gasteiger partial charge in [0.15, 0.2) is 0 Å². The third-order valence-electron chi connectivity index (χ3n) is 4.16. The fraction of sp³-hybridized carbons (Fsp3) is 0.238. The van der Waals surface area contributed by atoms with E-state index in [0.717, 1.165) is 33.1 Å². The minimum atomic E-state index is -0.254. The van der Waals surface area contributed by atoms with E-state index >= 15 is 0 Å². The van der Waals surface area contributed by atoms with Gasteiger partial charge in [-0.1, -0.05) is 23.8 Å². The lowest BCUT2D eigenvalue weighted by Crippen LogP contribution is -2.34. The summed E-state index contributed by atoms with van der Waals surface area (Å²) in [6, 6.07) is 9.65. The first kappa shape index (κ1) is 19.7. The van der Waals surface area contributed by atoms with Gasteiger partial charge in [0.05, 0.1) is 24.4 Å². The Morgan fingerprint density at radius 2 is 1.82 bits per heavy atom. The van der Waals surface area contributed by atoms with Crippen LogP contribution in [0.15, 0.2) is 41.9 Å². The summed E-state index contributed by atoms with van der Waals surface area (Å²) in [6.45, 7) is 5.84. The Balaban J connectivity index is 1.52. The third-order valence-corrected chi connectivity index (χ3v) is 5.08. The Hall–Kier alpha value is -3.06. The van der Waals surface area contributed by atoms with Crippen LogP contribution in [0.25, 0.3) is 10.7 Å². The second-order valence-electron chi connectivity index (χ2n) is 6.63. The standard InChI is InChI=1S/C21H22N4O2S/c1-13-8-14(2)20(15(3)9-13)25-19(27)11-23-18(26)10-16-12-28-21(24-16)17-6-4-5-7-22-17/h4-9,12H,10-11H2,1-3H3,(H,23,26)(H,25,27). The Morgan fingerprint density at radius 1 is 1.07 bits per heavy atom. The number of amides is 2. The van der Waals surface area contributed by atoms with Crippen LogP contribution in [0.4, 0.5) is 5.69 Å². The molecule has 0 radical (unpaired) electrons. The van der Waals surface area contributed by atoms with Gasteiger partial charge in [0.1, 0.15) is 5.01 Å². The predicted molar refractivity (Wildman–Crippen MR) is 111 cm³/mol. The first-order chi connectivity index (χ1) is 13.4. The Labute approximate surface area is 168 Å². The number of anilines is 1. The van der Waals surface area contributed by atoms with Gasteiger partial charge < -0.3 is 10.6 Å². The van der Waals surface area contributed by atoms with E-state index in [4.69, 9.17) is 0 Å². The average molecular weight is 395 g/mol. The van der Waals surface area contributed by atoms with Crippen molar-refractivity contribution in [1.29, 1.82) is 0 Å². The summed E-state index contributed by atoms with van der Waals surface area (Å²) in [5, 5.41) is 8.13. The Bertz CT molecular complexity index is 976. The van der Waals surface area contributed by atoms with Crippen molar-refractivity contribution in [3.8, 4) is 10.7 Å². The molecule has 2 amide bonds. The fourth-order valence-corrected chi connectivity index (χ4v) is 3.76. The molecule has 7 heteroatoms. The van der Waals surface area contributed by atoms with Crippen LogP contribution < -0.4 is 10.6 Å². The van der Waals surface area contributed by atoms with Gasteiger partial charge in [-0.05, 0) is 44.0 Å². The molecule has 2 N–H and O–H groups in total. The number of pyridine rings is 1. The molecular weight excluding hydrogens is 372 g/mol. The molecule has 0 bridgehead atoms. The molecule has 0 saturated carbocycles. The van der Waals surface area contributed by atoms with Crippen molar-refractivity contribution in [2.24, 2.45) is 0 Å². The maximum absolute atomic E-state index is 12.2. The first-order valence-electron chi connectivity index (χ1n) is 8.92. The van der Waals surface area contributed by atoms with E-state index in [9.17, 15) is 9.59 Å². The van der Waals surface area contributed by atoms with E-state index in [-0.39, 0.29) is 24.8 Å². The zero-order valence-electron chi connectivity index (χ0n) is 16.1. The number of hydrogen-bond acceptors (Lipinski definition) is 5. The highest BCUT2D eigenvalue weighted by Gasteiger charge is 2.12. The van der Waals surface area contributed by atoms with Gasteiger partial charge in [-0.3, -0.25) is 14.6 Å². The van der Waals surface area contributed by atoms with E-state index < -0.39 is 0 Å². The highest BCUT2D eigenvalue weighted by atomic mass is 32.1. The normalized spacial score (nSPS) is 10.5. The van der Waals surface area contributed by atoms with E-state index in [1.807, 2.05) is 56.5 Å². The number of thiazole rings is 1. The lowest BCUT2D eigenvalue weighted by Gasteiger charge is -2.13. The summed E-state index contributed by atoms with van der Waals surface area (Å²) in [7, 11) is 0. The van der Waals surface area contributed by atoms with Crippen molar-refractivity contribution in [3.05, 3.63) is 64.3 Å².